The van der Waals surface area contributed by atoms with Crippen molar-refractivity contribution in [3.05, 3.63) is 17.5 Å². The standard InChI is InChI=1S/C16H25ClN2O/c1-3-13-9-14(19(4-2)18-13)10-16(11-17)7-8-20-15(16)12-5-6-12/h9,12,15H,3-8,10-11H2,1-2H3. The van der Waals surface area contributed by atoms with Gasteiger partial charge in [0.25, 0.3) is 0 Å². The van der Waals surface area contributed by atoms with E-state index in [0.29, 0.717) is 12.0 Å². The molecule has 1 aromatic rings. The third-order valence-electron chi connectivity index (χ3n) is 4.93. The Hall–Kier alpha value is -0.540. The maximum Gasteiger partial charge on any atom is 0.0675 e. The maximum atomic E-state index is 6.41. The fourth-order valence-electron chi connectivity index (χ4n) is 3.59. The van der Waals surface area contributed by atoms with Crippen molar-refractivity contribution in [1.29, 1.82) is 0 Å². The van der Waals surface area contributed by atoms with E-state index in [1.807, 2.05) is 0 Å². The molecule has 0 amide bonds. The van der Waals surface area contributed by atoms with E-state index in [2.05, 4.69) is 29.7 Å². The Morgan fingerprint density at radius 2 is 2.25 bits per heavy atom. The van der Waals surface area contributed by atoms with Crippen molar-refractivity contribution in [3.8, 4) is 0 Å². The number of hydrogen-bond acceptors (Lipinski definition) is 2. The number of hydrogen-bond donors (Lipinski definition) is 0. The van der Waals surface area contributed by atoms with Crippen LogP contribution < -0.4 is 0 Å². The van der Waals surface area contributed by atoms with Gasteiger partial charge in [0.05, 0.1) is 11.8 Å². The zero-order valence-electron chi connectivity index (χ0n) is 12.6. The Balaban J connectivity index is 1.85. The molecule has 0 N–H and O–H groups in total. The second-order valence-corrected chi connectivity index (χ2v) is 6.62. The van der Waals surface area contributed by atoms with E-state index in [4.69, 9.17) is 16.3 Å². The van der Waals surface area contributed by atoms with Gasteiger partial charge in [-0.1, -0.05) is 6.92 Å². The first-order valence-corrected chi connectivity index (χ1v) is 8.49. The van der Waals surface area contributed by atoms with Crippen LogP contribution in [0.5, 0.6) is 0 Å². The summed E-state index contributed by atoms with van der Waals surface area (Å²) in [6.07, 6.45) is 6.10. The average Bonchev–Trinajstić information content (AvgIpc) is 3.11. The van der Waals surface area contributed by atoms with E-state index in [1.165, 1.54) is 24.2 Å². The minimum Gasteiger partial charge on any atom is -0.377 e. The van der Waals surface area contributed by atoms with Crippen molar-refractivity contribution in [2.45, 2.75) is 58.6 Å². The summed E-state index contributed by atoms with van der Waals surface area (Å²) in [5.74, 6) is 1.45. The van der Waals surface area contributed by atoms with E-state index in [0.717, 1.165) is 38.3 Å². The summed E-state index contributed by atoms with van der Waals surface area (Å²) in [7, 11) is 0. The smallest absolute Gasteiger partial charge is 0.0675 e. The summed E-state index contributed by atoms with van der Waals surface area (Å²) in [6.45, 7) is 6.12. The lowest BCUT2D eigenvalue weighted by atomic mass is 9.76. The minimum atomic E-state index is 0.126. The molecule has 3 nitrogen and oxygen atoms in total. The molecule has 1 aromatic heterocycles. The van der Waals surface area contributed by atoms with E-state index < -0.39 is 0 Å². The van der Waals surface area contributed by atoms with Crippen LogP contribution >= 0.6 is 11.6 Å². The van der Waals surface area contributed by atoms with Crippen molar-refractivity contribution in [2.24, 2.45) is 11.3 Å². The van der Waals surface area contributed by atoms with Crippen molar-refractivity contribution in [1.82, 2.24) is 9.78 Å². The fourth-order valence-corrected chi connectivity index (χ4v) is 3.97. The summed E-state index contributed by atoms with van der Waals surface area (Å²) in [6, 6.07) is 2.26. The number of aryl methyl sites for hydroxylation is 2. The number of rotatable bonds is 6. The molecule has 0 radical (unpaired) electrons. The number of halogens is 1. The van der Waals surface area contributed by atoms with Crippen LogP contribution in [0.25, 0.3) is 0 Å². The third-order valence-corrected chi connectivity index (χ3v) is 5.46. The maximum absolute atomic E-state index is 6.41. The Kier molecular flexibility index (Phi) is 4.09. The number of alkyl halides is 1. The highest BCUT2D eigenvalue weighted by molar-refractivity contribution is 6.18. The predicted octanol–water partition coefficient (Wildman–Crippen LogP) is 3.43. The lowest BCUT2D eigenvalue weighted by Crippen LogP contribution is -2.37. The summed E-state index contributed by atoms with van der Waals surface area (Å²) < 4.78 is 8.20. The van der Waals surface area contributed by atoms with E-state index >= 15 is 0 Å². The van der Waals surface area contributed by atoms with Gasteiger partial charge in [0.2, 0.25) is 0 Å². The number of nitrogens with zero attached hydrogens (tertiary/aromatic N) is 2. The van der Waals surface area contributed by atoms with Crippen LogP contribution in [0.4, 0.5) is 0 Å². The Morgan fingerprint density at radius 1 is 1.45 bits per heavy atom. The molecule has 20 heavy (non-hydrogen) atoms. The van der Waals surface area contributed by atoms with Gasteiger partial charge >= 0.3 is 0 Å². The molecule has 4 heteroatoms. The molecule has 1 aliphatic carbocycles. The second-order valence-electron chi connectivity index (χ2n) is 6.35. The Bertz CT molecular complexity index is 469. The average molecular weight is 297 g/mol. The highest BCUT2D eigenvalue weighted by Crippen LogP contribution is 2.50. The van der Waals surface area contributed by atoms with E-state index in [9.17, 15) is 0 Å². The van der Waals surface area contributed by atoms with Crippen LogP contribution in [0.2, 0.25) is 0 Å². The third kappa shape index (κ3) is 2.50. The van der Waals surface area contributed by atoms with E-state index in [-0.39, 0.29) is 5.41 Å². The molecule has 3 rings (SSSR count). The molecule has 0 bridgehead atoms. The van der Waals surface area contributed by atoms with Crippen LogP contribution in [0.3, 0.4) is 0 Å². The molecular weight excluding hydrogens is 272 g/mol. The van der Waals surface area contributed by atoms with Crippen molar-refractivity contribution < 1.29 is 4.74 Å². The lowest BCUT2D eigenvalue weighted by molar-refractivity contribution is 0.0395. The van der Waals surface area contributed by atoms with Gasteiger partial charge in [0.1, 0.15) is 0 Å². The van der Waals surface area contributed by atoms with Gasteiger partial charge in [-0.05, 0) is 51.0 Å². The van der Waals surface area contributed by atoms with Gasteiger partial charge in [0.15, 0.2) is 0 Å². The van der Waals surface area contributed by atoms with Crippen LogP contribution in [0.15, 0.2) is 6.07 Å². The van der Waals surface area contributed by atoms with Crippen LogP contribution in [0.1, 0.15) is 44.5 Å². The summed E-state index contributed by atoms with van der Waals surface area (Å²) in [5.41, 5.74) is 2.65. The van der Waals surface area contributed by atoms with Gasteiger partial charge in [-0.3, -0.25) is 4.68 Å². The normalized spacial score (nSPS) is 30.1. The first kappa shape index (κ1) is 14.4. The van der Waals surface area contributed by atoms with Gasteiger partial charge in [-0.15, -0.1) is 11.6 Å². The second kappa shape index (κ2) is 5.69. The van der Waals surface area contributed by atoms with Gasteiger partial charge in [-0.2, -0.15) is 5.10 Å². The lowest BCUT2D eigenvalue weighted by Gasteiger charge is -2.32. The molecule has 112 valence electrons. The topological polar surface area (TPSA) is 27.1 Å². The molecule has 2 unspecified atom stereocenters. The highest BCUT2D eigenvalue weighted by Gasteiger charge is 2.50. The Morgan fingerprint density at radius 3 is 2.85 bits per heavy atom. The SMILES string of the molecule is CCc1cc(CC2(CCl)CCOC2C2CC2)n(CC)n1. The first-order valence-electron chi connectivity index (χ1n) is 7.95. The quantitative estimate of drug-likeness (QED) is 0.752. The number of ether oxygens (including phenoxy) is 1. The zero-order valence-corrected chi connectivity index (χ0v) is 13.3. The monoisotopic (exact) mass is 296 g/mol. The summed E-state index contributed by atoms with van der Waals surface area (Å²) in [5, 5.41) is 4.67. The molecule has 1 saturated heterocycles. The van der Waals surface area contributed by atoms with Gasteiger partial charge in [-0.25, -0.2) is 0 Å². The minimum absolute atomic E-state index is 0.126. The van der Waals surface area contributed by atoms with Crippen molar-refractivity contribution >= 4 is 11.6 Å². The van der Waals surface area contributed by atoms with Crippen molar-refractivity contribution in [3.63, 3.8) is 0 Å². The highest BCUT2D eigenvalue weighted by atomic mass is 35.5. The van der Waals surface area contributed by atoms with Crippen LogP contribution in [0, 0.1) is 11.3 Å². The predicted molar refractivity (Wildman–Crippen MR) is 81.2 cm³/mol. The molecule has 2 heterocycles. The molecule has 1 saturated carbocycles. The molecule has 2 atom stereocenters. The fraction of sp³-hybridized carbons (Fsp3) is 0.812. The van der Waals surface area contributed by atoms with Crippen LogP contribution in [-0.4, -0.2) is 28.4 Å². The first-order chi connectivity index (χ1) is 9.72. The summed E-state index contributed by atoms with van der Waals surface area (Å²) in [4.78, 5) is 0. The Labute approximate surface area is 126 Å². The largest absolute Gasteiger partial charge is 0.377 e. The van der Waals surface area contributed by atoms with E-state index in [1.54, 1.807) is 0 Å². The van der Waals surface area contributed by atoms with Crippen LogP contribution in [-0.2, 0) is 24.1 Å². The van der Waals surface area contributed by atoms with Gasteiger partial charge in [0, 0.05) is 30.1 Å². The molecule has 0 aromatic carbocycles. The molecule has 0 spiro atoms. The molecule has 2 fully saturated rings. The molecule has 2 aliphatic rings. The van der Waals surface area contributed by atoms with Crippen molar-refractivity contribution in [2.75, 3.05) is 12.5 Å². The summed E-state index contributed by atoms with van der Waals surface area (Å²) >= 11 is 6.41. The van der Waals surface area contributed by atoms with Gasteiger partial charge < -0.3 is 4.74 Å². The molecular formula is C16H25ClN2O. The zero-order chi connectivity index (χ0) is 14.2. The number of aromatic nitrogens is 2. The molecule has 1 aliphatic heterocycles.